The predicted octanol–water partition coefficient (Wildman–Crippen LogP) is -1.03. The van der Waals surface area contributed by atoms with Gasteiger partial charge in [0, 0.05) is 6.54 Å². The maximum Gasteiger partial charge on any atom is 0.292 e. The quantitative estimate of drug-likeness (QED) is 0.539. The van der Waals surface area contributed by atoms with Gasteiger partial charge < -0.3 is 25.4 Å². The van der Waals surface area contributed by atoms with E-state index in [4.69, 9.17) is 9.63 Å². The van der Waals surface area contributed by atoms with Crippen molar-refractivity contribution in [2.75, 3.05) is 19.7 Å². The summed E-state index contributed by atoms with van der Waals surface area (Å²) in [5.74, 6) is -0.212. The molecule has 0 radical (unpaired) electrons. The van der Waals surface area contributed by atoms with Gasteiger partial charge in [-0.1, -0.05) is 5.16 Å². The molecule has 2 atom stereocenters. The van der Waals surface area contributed by atoms with Gasteiger partial charge in [-0.25, -0.2) is 0 Å². The fourth-order valence-electron chi connectivity index (χ4n) is 1.77. The summed E-state index contributed by atoms with van der Waals surface area (Å²) in [4.78, 5) is 15.7. The molecule has 0 spiro atoms. The standard InChI is InChI=1S/C11H18N4O4/c1-11(18,6-16)5-13-9(17)8-14-10(19-15-8)7-3-2-4-12-7/h7,12,16,18H,2-6H2,1H3,(H,13,17). The van der Waals surface area contributed by atoms with E-state index in [9.17, 15) is 9.90 Å². The summed E-state index contributed by atoms with van der Waals surface area (Å²) in [6.45, 7) is 1.77. The maximum atomic E-state index is 11.7. The summed E-state index contributed by atoms with van der Waals surface area (Å²) >= 11 is 0. The molecular formula is C11H18N4O4. The molecule has 1 amide bonds. The average molecular weight is 270 g/mol. The number of aromatic nitrogens is 2. The molecule has 1 aliphatic rings. The number of nitrogens with zero attached hydrogens (tertiary/aromatic N) is 2. The maximum absolute atomic E-state index is 11.7. The Bertz CT molecular complexity index is 440. The number of aliphatic hydroxyl groups excluding tert-OH is 1. The highest BCUT2D eigenvalue weighted by Crippen LogP contribution is 2.20. The molecule has 0 saturated carbocycles. The minimum atomic E-state index is -1.37. The SMILES string of the molecule is CC(O)(CO)CNC(=O)c1noc(C2CCCN2)n1. The van der Waals surface area contributed by atoms with Crippen LogP contribution in [0.15, 0.2) is 4.52 Å². The van der Waals surface area contributed by atoms with Crippen molar-refractivity contribution in [3.05, 3.63) is 11.7 Å². The summed E-state index contributed by atoms with van der Waals surface area (Å²) < 4.78 is 5.03. The van der Waals surface area contributed by atoms with Crippen molar-refractivity contribution in [1.82, 2.24) is 20.8 Å². The lowest BCUT2D eigenvalue weighted by atomic mass is 10.1. The number of rotatable bonds is 5. The molecule has 106 valence electrons. The Labute approximate surface area is 110 Å². The molecular weight excluding hydrogens is 252 g/mol. The van der Waals surface area contributed by atoms with Gasteiger partial charge >= 0.3 is 0 Å². The van der Waals surface area contributed by atoms with E-state index in [0.29, 0.717) is 5.89 Å². The van der Waals surface area contributed by atoms with Crippen molar-refractivity contribution in [3.63, 3.8) is 0 Å². The Morgan fingerprint density at radius 2 is 2.47 bits per heavy atom. The first-order valence-corrected chi connectivity index (χ1v) is 6.20. The second-order valence-corrected chi connectivity index (χ2v) is 4.94. The third kappa shape index (κ3) is 3.49. The van der Waals surface area contributed by atoms with Gasteiger partial charge in [-0.2, -0.15) is 4.98 Å². The molecule has 1 aromatic heterocycles. The van der Waals surface area contributed by atoms with Crippen molar-refractivity contribution < 1.29 is 19.5 Å². The monoisotopic (exact) mass is 270 g/mol. The lowest BCUT2D eigenvalue weighted by Gasteiger charge is -2.19. The molecule has 19 heavy (non-hydrogen) atoms. The van der Waals surface area contributed by atoms with Gasteiger partial charge in [0.25, 0.3) is 11.7 Å². The Hall–Kier alpha value is -1.51. The van der Waals surface area contributed by atoms with Gasteiger partial charge in [0.1, 0.15) is 5.60 Å². The molecule has 0 aliphatic carbocycles. The topological polar surface area (TPSA) is 121 Å². The van der Waals surface area contributed by atoms with E-state index in [0.717, 1.165) is 19.4 Å². The summed E-state index contributed by atoms with van der Waals surface area (Å²) in [6, 6.07) is 0.00889. The van der Waals surface area contributed by atoms with Crippen LogP contribution in [0.3, 0.4) is 0 Å². The van der Waals surface area contributed by atoms with Crippen LogP contribution in [0.4, 0.5) is 0 Å². The van der Waals surface area contributed by atoms with Crippen LogP contribution in [0.5, 0.6) is 0 Å². The first-order chi connectivity index (χ1) is 9.02. The van der Waals surface area contributed by atoms with E-state index in [1.54, 1.807) is 0 Å². The zero-order valence-corrected chi connectivity index (χ0v) is 10.7. The van der Waals surface area contributed by atoms with Crippen LogP contribution < -0.4 is 10.6 Å². The van der Waals surface area contributed by atoms with Crippen LogP contribution in [0.2, 0.25) is 0 Å². The van der Waals surface area contributed by atoms with Crippen LogP contribution >= 0.6 is 0 Å². The largest absolute Gasteiger partial charge is 0.393 e. The molecule has 2 unspecified atom stereocenters. The highest BCUT2D eigenvalue weighted by atomic mass is 16.5. The molecule has 8 nitrogen and oxygen atoms in total. The van der Waals surface area contributed by atoms with Gasteiger partial charge in [-0.05, 0) is 26.3 Å². The Morgan fingerprint density at radius 1 is 1.68 bits per heavy atom. The van der Waals surface area contributed by atoms with E-state index in [1.807, 2.05) is 0 Å². The van der Waals surface area contributed by atoms with E-state index in [-0.39, 0.29) is 18.4 Å². The summed E-state index contributed by atoms with van der Waals surface area (Å²) in [7, 11) is 0. The molecule has 0 aromatic carbocycles. The van der Waals surface area contributed by atoms with Crippen LogP contribution in [0, 0.1) is 0 Å². The fourth-order valence-corrected chi connectivity index (χ4v) is 1.77. The minimum absolute atomic E-state index is 0.00889. The fraction of sp³-hybridized carbons (Fsp3) is 0.727. The molecule has 8 heteroatoms. The number of hydrogen-bond acceptors (Lipinski definition) is 7. The number of hydrogen-bond donors (Lipinski definition) is 4. The predicted molar refractivity (Wildman–Crippen MR) is 64.3 cm³/mol. The minimum Gasteiger partial charge on any atom is -0.393 e. The zero-order valence-electron chi connectivity index (χ0n) is 10.7. The van der Waals surface area contributed by atoms with E-state index in [1.165, 1.54) is 6.92 Å². The second-order valence-electron chi connectivity index (χ2n) is 4.94. The van der Waals surface area contributed by atoms with Crippen LogP contribution in [0.25, 0.3) is 0 Å². The third-order valence-corrected chi connectivity index (χ3v) is 2.97. The lowest BCUT2D eigenvalue weighted by molar-refractivity contribution is 0.00310. The Morgan fingerprint density at radius 3 is 3.11 bits per heavy atom. The second kappa shape index (κ2) is 5.64. The van der Waals surface area contributed by atoms with E-state index in [2.05, 4.69) is 20.8 Å². The molecule has 2 rings (SSSR count). The molecule has 1 aromatic rings. The van der Waals surface area contributed by atoms with Gasteiger partial charge in [0.05, 0.1) is 12.6 Å². The number of nitrogens with one attached hydrogen (secondary N) is 2. The van der Waals surface area contributed by atoms with Gasteiger partial charge in [0.15, 0.2) is 0 Å². The lowest BCUT2D eigenvalue weighted by Crippen LogP contribution is -2.43. The summed E-state index contributed by atoms with van der Waals surface area (Å²) in [5.41, 5.74) is -1.37. The molecule has 1 fully saturated rings. The summed E-state index contributed by atoms with van der Waals surface area (Å²) in [5, 5.41) is 27.7. The van der Waals surface area contributed by atoms with Gasteiger partial charge in [-0.3, -0.25) is 4.79 Å². The van der Waals surface area contributed by atoms with Crippen LogP contribution in [-0.4, -0.2) is 51.6 Å². The molecule has 0 bridgehead atoms. The number of amides is 1. The molecule has 1 aliphatic heterocycles. The van der Waals surface area contributed by atoms with Crippen molar-refractivity contribution in [1.29, 1.82) is 0 Å². The van der Waals surface area contributed by atoms with Crippen LogP contribution in [-0.2, 0) is 0 Å². The average Bonchev–Trinajstić information content (AvgIpc) is 3.05. The third-order valence-electron chi connectivity index (χ3n) is 2.97. The normalized spacial score (nSPS) is 22.2. The van der Waals surface area contributed by atoms with Gasteiger partial charge in [0.2, 0.25) is 5.89 Å². The Kier molecular flexibility index (Phi) is 4.13. The summed E-state index contributed by atoms with van der Waals surface area (Å²) in [6.07, 6.45) is 1.94. The van der Waals surface area contributed by atoms with Crippen molar-refractivity contribution in [2.45, 2.75) is 31.4 Å². The van der Waals surface area contributed by atoms with E-state index < -0.39 is 18.1 Å². The number of carbonyl (C=O) groups excluding carboxylic acids is 1. The zero-order chi connectivity index (χ0) is 13.9. The molecule has 2 heterocycles. The van der Waals surface area contributed by atoms with Crippen molar-refractivity contribution >= 4 is 5.91 Å². The first kappa shape index (κ1) is 13.9. The molecule has 4 N–H and O–H groups in total. The number of carbonyl (C=O) groups is 1. The Balaban J connectivity index is 1.92. The highest BCUT2D eigenvalue weighted by Gasteiger charge is 2.25. The smallest absolute Gasteiger partial charge is 0.292 e. The first-order valence-electron chi connectivity index (χ1n) is 6.20. The van der Waals surface area contributed by atoms with Gasteiger partial charge in [-0.15, -0.1) is 0 Å². The number of aliphatic hydroxyl groups is 2. The molecule has 1 saturated heterocycles. The van der Waals surface area contributed by atoms with Crippen molar-refractivity contribution in [2.24, 2.45) is 0 Å². The van der Waals surface area contributed by atoms with Crippen LogP contribution in [0.1, 0.15) is 42.3 Å². The van der Waals surface area contributed by atoms with E-state index >= 15 is 0 Å². The van der Waals surface area contributed by atoms with Crippen molar-refractivity contribution in [3.8, 4) is 0 Å². The highest BCUT2D eigenvalue weighted by molar-refractivity contribution is 5.90.